The van der Waals surface area contributed by atoms with Gasteiger partial charge < -0.3 is 9.64 Å². The number of amides is 1. The molecule has 4 heterocycles. The van der Waals surface area contributed by atoms with Crippen LogP contribution in [0.25, 0.3) is 0 Å². The van der Waals surface area contributed by atoms with Gasteiger partial charge in [0.1, 0.15) is 11.9 Å². The number of aromatic nitrogens is 4. The van der Waals surface area contributed by atoms with Gasteiger partial charge in [0.05, 0.1) is 6.54 Å². The molecule has 0 saturated carbocycles. The van der Waals surface area contributed by atoms with E-state index in [9.17, 15) is 22.8 Å². The van der Waals surface area contributed by atoms with Crippen molar-refractivity contribution in [3.63, 3.8) is 0 Å². The average molecular weight is 425 g/mol. The zero-order chi connectivity index (χ0) is 21.3. The normalized spacial score (nSPS) is 19.0. The number of pyridine rings is 1. The van der Waals surface area contributed by atoms with Crippen LogP contribution >= 0.6 is 0 Å². The van der Waals surface area contributed by atoms with Gasteiger partial charge in [0.25, 0.3) is 0 Å². The van der Waals surface area contributed by atoms with Crippen molar-refractivity contribution in [2.45, 2.75) is 50.9 Å². The molecule has 0 bridgehead atoms. The number of likely N-dealkylation sites (tertiary alicyclic amines) is 1. The number of hydrogen-bond donors (Lipinski definition) is 0. The van der Waals surface area contributed by atoms with Gasteiger partial charge in [0.15, 0.2) is 6.61 Å². The first-order valence-corrected chi connectivity index (χ1v) is 9.93. The van der Waals surface area contributed by atoms with Crippen LogP contribution in [0.5, 0.6) is 5.88 Å². The maximum Gasteiger partial charge on any atom is 0.422 e. The van der Waals surface area contributed by atoms with Crippen LogP contribution in [-0.2, 0) is 17.8 Å². The largest absolute Gasteiger partial charge is 0.468 e. The molecule has 0 N–H and O–H groups in total. The number of hydrogen-bond acceptors (Lipinski definition) is 5. The van der Waals surface area contributed by atoms with Crippen molar-refractivity contribution in [1.29, 1.82) is 0 Å². The van der Waals surface area contributed by atoms with Crippen LogP contribution < -0.4 is 10.4 Å². The average Bonchev–Trinajstić information content (AvgIpc) is 3.35. The number of carbonyl (C=O) groups excluding carboxylic acids is 1. The topological polar surface area (TPSA) is 82.3 Å². The van der Waals surface area contributed by atoms with Crippen molar-refractivity contribution in [2.75, 3.05) is 19.7 Å². The van der Waals surface area contributed by atoms with Crippen molar-refractivity contribution in [2.24, 2.45) is 0 Å². The summed E-state index contributed by atoms with van der Waals surface area (Å²) in [4.78, 5) is 31.5. The first-order chi connectivity index (χ1) is 14.3. The highest BCUT2D eigenvalue weighted by atomic mass is 19.4. The lowest BCUT2D eigenvalue weighted by Crippen LogP contribution is -2.41. The highest BCUT2D eigenvalue weighted by Gasteiger charge is 2.34. The zero-order valence-electron chi connectivity index (χ0n) is 16.3. The van der Waals surface area contributed by atoms with Gasteiger partial charge in [-0.1, -0.05) is 6.07 Å². The Balaban J connectivity index is 1.50. The summed E-state index contributed by atoms with van der Waals surface area (Å²) in [7, 11) is 0. The number of alkyl halides is 3. The number of ether oxygens (including phenoxy) is 1. The number of carbonyl (C=O) groups is 1. The Bertz CT molecular complexity index is 961. The van der Waals surface area contributed by atoms with E-state index < -0.39 is 18.8 Å². The second kappa shape index (κ2) is 8.11. The molecule has 1 atom stereocenters. The standard InChI is InChI=1S/C19H22F3N5O3/c20-19(21,22)12-30-16-7-6-13(10-23-16)11-26-18(29)27-14(4-3-5-15(27)24-26)17(28)25-8-1-2-9-25/h6-7,10,14H,1-5,8-9,11-12H2/t14-/m1/s1. The molecule has 2 aliphatic rings. The zero-order valence-corrected chi connectivity index (χ0v) is 16.3. The molecule has 2 aromatic rings. The summed E-state index contributed by atoms with van der Waals surface area (Å²) in [6.07, 6.45) is 0.891. The summed E-state index contributed by atoms with van der Waals surface area (Å²) < 4.78 is 44.0. The fraction of sp³-hybridized carbons (Fsp3) is 0.579. The van der Waals surface area contributed by atoms with E-state index in [-0.39, 0.29) is 24.0 Å². The van der Waals surface area contributed by atoms with Crippen LogP contribution in [0.2, 0.25) is 0 Å². The molecule has 0 spiro atoms. The number of rotatable bonds is 5. The van der Waals surface area contributed by atoms with Gasteiger partial charge in [-0.2, -0.15) is 18.3 Å². The highest BCUT2D eigenvalue weighted by molar-refractivity contribution is 5.80. The van der Waals surface area contributed by atoms with Gasteiger partial charge in [-0.15, -0.1) is 0 Å². The Morgan fingerprint density at radius 3 is 2.63 bits per heavy atom. The lowest BCUT2D eigenvalue weighted by atomic mass is 10.0. The first-order valence-electron chi connectivity index (χ1n) is 9.93. The van der Waals surface area contributed by atoms with Crippen molar-refractivity contribution in [3.8, 4) is 5.88 Å². The van der Waals surface area contributed by atoms with E-state index in [0.717, 1.165) is 32.4 Å². The quantitative estimate of drug-likeness (QED) is 0.731. The van der Waals surface area contributed by atoms with Gasteiger partial charge in [0.2, 0.25) is 11.8 Å². The molecule has 1 saturated heterocycles. The predicted octanol–water partition coefficient (Wildman–Crippen LogP) is 1.93. The van der Waals surface area contributed by atoms with Crippen LogP contribution in [0.3, 0.4) is 0 Å². The van der Waals surface area contributed by atoms with E-state index in [1.165, 1.54) is 27.6 Å². The maximum absolute atomic E-state index is 13.0. The Kier molecular flexibility index (Phi) is 5.52. The third-order valence-electron chi connectivity index (χ3n) is 5.35. The van der Waals surface area contributed by atoms with Gasteiger partial charge in [-0.05, 0) is 31.2 Å². The van der Waals surface area contributed by atoms with E-state index in [2.05, 4.69) is 14.8 Å². The molecule has 1 fully saturated rings. The Labute approximate surface area is 170 Å². The Hall–Kier alpha value is -2.85. The minimum absolute atomic E-state index is 0.0251. The molecule has 4 rings (SSSR count). The molecule has 0 unspecified atom stereocenters. The van der Waals surface area contributed by atoms with Crippen LogP contribution in [0, 0.1) is 0 Å². The summed E-state index contributed by atoms with van der Waals surface area (Å²) in [5.41, 5.74) is 0.231. The fourth-order valence-electron chi connectivity index (χ4n) is 3.94. The third-order valence-corrected chi connectivity index (χ3v) is 5.35. The number of nitrogens with zero attached hydrogens (tertiary/aromatic N) is 5. The van der Waals surface area contributed by atoms with E-state index in [1.807, 2.05) is 4.90 Å². The second-order valence-corrected chi connectivity index (χ2v) is 7.58. The Morgan fingerprint density at radius 2 is 1.97 bits per heavy atom. The molecule has 2 aliphatic heterocycles. The molecule has 2 aromatic heterocycles. The minimum Gasteiger partial charge on any atom is -0.468 e. The van der Waals surface area contributed by atoms with Crippen LogP contribution in [-0.4, -0.2) is 56.0 Å². The first kappa shape index (κ1) is 20.4. The molecular weight excluding hydrogens is 403 g/mol. The van der Waals surface area contributed by atoms with Crippen LogP contribution in [0.1, 0.15) is 43.1 Å². The van der Waals surface area contributed by atoms with Crippen molar-refractivity contribution >= 4 is 5.91 Å². The second-order valence-electron chi connectivity index (χ2n) is 7.58. The molecule has 8 nitrogen and oxygen atoms in total. The van der Waals surface area contributed by atoms with Crippen molar-refractivity contribution < 1.29 is 22.7 Å². The van der Waals surface area contributed by atoms with Gasteiger partial charge in [-0.25, -0.2) is 14.5 Å². The van der Waals surface area contributed by atoms with Crippen LogP contribution in [0.4, 0.5) is 13.2 Å². The molecule has 1 amide bonds. The molecule has 0 aromatic carbocycles. The fourth-order valence-corrected chi connectivity index (χ4v) is 3.94. The lowest BCUT2D eigenvalue weighted by Gasteiger charge is -2.27. The third kappa shape index (κ3) is 4.34. The van der Waals surface area contributed by atoms with E-state index >= 15 is 0 Å². The summed E-state index contributed by atoms with van der Waals surface area (Å²) in [5, 5.41) is 4.38. The molecule has 0 radical (unpaired) electrons. The molecule has 30 heavy (non-hydrogen) atoms. The maximum atomic E-state index is 13.0. The highest BCUT2D eigenvalue weighted by Crippen LogP contribution is 2.25. The molecule has 162 valence electrons. The summed E-state index contributed by atoms with van der Waals surface area (Å²) in [5.74, 6) is 0.411. The Morgan fingerprint density at radius 1 is 1.20 bits per heavy atom. The number of halogens is 3. The molecule has 11 heteroatoms. The van der Waals surface area contributed by atoms with E-state index in [4.69, 9.17) is 0 Å². The van der Waals surface area contributed by atoms with E-state index in [0.29, 0.717) is 24.2 Å². The summed E-state index contributed by atoms with van der Waals surface area (Å²) in [6, 6.07) is 2.34. The van der Waals surface area contributed by atoms with Gasteiger partial charge in [-0.3, -0.25) is 9.36 Å². The summed E-state index contributed by atoms with van der Waals surface area (Å²) in [6.45, 7) is 0.138. The lowest BCUT2D eigenvalue weighted by molar-refractivity contribution is -0.154. The minimum atomic E-state index is -4.44. The van der Waals surface area contributed by atoms with Crippen LogP contribution in [0.15, 0.2) is 23.1 Å². The van der Waals surface area contributed by atoms with E-state index in [1.54, 1.807) is 0 Å². The molecular formula is C19H22F3N5O3. The van der Waals surface area contributed by atoms with Crippen molar-refractivity contribution in [1.82, 2.24) is 24.2 Å². The predicted molar refractivity (Wildman–Crippen MR) is 99.2 cm³/mol. The molecule has 0 aliphatic carbocycles. The smallest absolute Gasteiger partial charge is 0.422 e. The van der Waals surface area contributed by atoms with Crippen molar-refractivity contribution in [3.05, 3.63) is 40.2 Å². The van der Waals surface area contributed by atoms with Gasteiger partial charge in [0, 0.05) is 31.8 Å². The van der Waals surface area contributed by atoms with Gasteiger partial charge >= 0.3 is 11.9 Å². The number of aryl methyl sites for hydroxylation is 1. The number of fused-ring (bicyclic) bond motifs is 1. The monoisotopic (exact) mass is 425 g/mol. The SMILES string of the molecule is O=C([C@H]1CCCc2nn(Cc3ccc(OCC(F)(F)F)nc3)c(=O)n21)N1CCCC1. The summed E-state index contributed by atoms with van der Waals surface area (Å²) >= 11 is 0.